The van der Waals surface area contributed by atoms with Crippen molar-refractivity contribution >= 4 is 11.6 Å². The Balaban J connectivity index is 1.73. The lowest BCUT2D eigenvalue weighted by atomic mass is 10.0. The zero-order valence-corrected chi connectivity index (χ0v) is 16.5. The van der Waals surface area contributed by atoms with E-state index in [9.17, 15) is 9.18 Å². The lowest BCUT2D eigenvalue weighted by Crippen LogP contribution is -2.87. The van der Waals surface area contributed by atoms with Gasteiger partial charge < -0.3 is 15.4 Å². The molecule has 3 rings (SSSR count). The molecule has 0 radical (unpaired) electrons. The van der Waals surface area contributed by atoms with Crippen molar-refractivity contribution in [2.24, 2.45) is 0 Å². The SMILES string of the molecule is CCOc1ccccc1NC(=O)[C@@H]([NH2+]CCc1ccccc1F)c1ccccc1. The molecule has 150 valence electrons. The fraction of sp³-hybridized carbons (Fsp3) is 0.208. The number of hydrogen-bond acceptors (Lipinski definition) is 2. The van der Waals surface area contributed by atoms with Gasteiger partial charge in [-0.15, -0.1) is 0 Å². The Bertz CT molecular complexity index is 931. The van der Waals surface area contributed by atoms with Gasteiger partial charge in [0.05, 0.1) is 18.8 Å². The molecule has 0 bridgehead atoms. The van der Waals surface area contributed by atoms with Gasteiger partial charge in [0.2, 0.25) is 0 Å². The third-order valence-corrected chi connectivity index (χ3v) is 4.66. The molecule has 0 aromatic heterocycles. The van der Waals surface area contributed by atoms with E-state index in [1.165, 1.54) is 6.07 Å². The molecule has 3 N–H and O–H groups in total. The third kappa shape index (κ3) is 5.65. The number of benzene rings is 3. The number of quaternary nitrogens is 1. The Morgan fingerprint density at radius 1 is 1.00 bits per heavy atom. The second-order valence-electron chi connectivity index (χ2n) is 6.67. The van der Waals surface area contributed by atoms with Crippen molar-refractivity contribution in [3.05, 3.63) is 95.8 Å². The zero-order chi connectivity index (χ0) is 20.5. The van der Waals surface area contributed by atoms with Crippen molar-refractivity contribution < 1.29 is 19.2 Å². The predicted molar refractivity (Wildman–Crippen MR) is 112 cm³/mol. The number of carbonyl (C=O) groups excluding carboxylic acids is 1. The quantitative estimate of drug-likeness (QED) is 0.582. The summed E-state index contributed by atoms with van der Waals surface area (Å²) in [7, 11) is 0. The van der Waals surface area contributed by atoms with E-state index in [-0.39, 0.29) is 11.7 Å². The molecule has 1 amide bonds. The van der Waals surface area contributed by atoms with Gasteiger partial charge in [-0.1, -0.05) is 60.7 Å². The summed E-state index contributed by atoms with van der Waals surface area (Å²) in [6, 6.07) is 23.3. The summed E-state index contributed by atoms with van der Waals surface area (Å²) < 4.78 is 19.5. The first-order valence-corrected chi connectivity index (χ1v) is 9.83. The van der Waals surface area contributed by atoms with Gasteiger partial charge >= 0.3 is 0 Å². The van der Waals surface area contributed by atoms with E-state index in [4.69, 9.17) is 4.74 Å². The number of para-hydroxylation sites is 2. The van der Waals surface area contributed by atoms with Crippen LogP contribution in [-0.4, -0.2) is 19.1 Å². The molecule has 0 aliphatic rings. The van der Waals surface area contributed by atoms with Crippen LogP contribution in [0.3, 0.4) is 0 Å². The van der Waals surface area contributed by atoms with E-state index in [0.29, 0.717) is 36.6 Å². The summed E-state index contributed by atoms with van der Waals surface area (Å²) in [6.07, 6.45) is 0.540. The molecule has 0 spiro atoms. The maximum atomic E-state index is 13.9. The second kappa shape index (κ2) is 10.4. The minimum atomic E-state index is -0.447. The molecule has 5 heteroatoms. The Morgan fingerprint density at radius 3 is 2.45 bits per heavy atom. The lowest BCUT2D eigenvalue weighted by molar-refractivity contribution is -0.682. The summed E-state index contributed by atoms with van der Waals surface area (Å²) in [5.41, 5.74) is 2.19. The standard InChI is InChI=1S/C24H25FN2O2/c1-2-29-22-15-9-8-14-21(22)27-24(28)23(19-11-4-3-5-12-19)26-17-16-18-10-6-7-13-20(18)25/h3-15,23,26H,2,16-17H2,1H3,(H,27,28)/p+1/t23-/m0/s1. The van der Waals surface area contributed by atoms with Gasteiger partial charge in [-0.2, -0.15) is 0 Å². The van der Waals surface area contributed by atoms with Crippen molar-refractivity contribution in [1.29, 1.82) is 0 Å². The number of halogens is 1. The largest absolute Gasteiger partial charge is 0.492 e. The molecular formula is C24H26FN2O2+. The summed E-state index contributed by atoms with van der Waals surface area (Å²) in [4.78, 5) is 13.1. The molecule has 0 unspecified atom stereocenters. The highest BCUT2D eigenvalue weighted by molar-refractivity contribution is 5.95. The van der Waals surface area contributed by atoms with Crippen LogP contribution < -0.4 is 15.4 Å². The first-order chi connectivity index (χ1) is 14.2. The van der Waals surface area contributed by atoms with Crippen LogP contribution in [-0.2, 0) is 11.2 Å². The lowest BCUT2D eigenvalue weighted by Gasteiger charge is -2.17. The maximum absolute atomic E-state index is 13.9. The smallest absolute Gasteiger partial charge is 0.287 e. The normalized spacial score (nSPS) is 11.7. The van der Waals surface area contributed by atoms with Crippen molar-refractivity contribution in [1.82, 2.24) is 0 Å². The molecular weight excluding hydrogens is 367 g/mol. The summed E-state index contributed by atoms with van der Waals surface area (Å²) >= 11 is 0. The monoisotopic (exact) mass is 393 g/mol. The fourth-order valence-electron chi connectivity index (χ4n) is 3.22. The first-order valence-electron chi connectivity index (χ1n) is 9.83. The molecule has 3 aromatic carbocycles. The van der Waals surface area contributed by atoms with Gasteiger partial charge in [0.15, 0.2) is 6.04 Å². The molecule has 0 aliphatic heterocycles. The Kier molecular flexibility index (Phi) is 7.36. The van der Waals surface area contributed by atoms with Crippen LogP contribution in [0.25, 0.3) is 0 Å². The van der Waals surface area contributed by atoms with Gasteiger partial charge in [-0.3, -0.25) is 4.79 Å². The number of amides is 1. The van der Waals surface area contributed by atoms with E-state index in [1.54, 1.807) is 12.1 Å². The minimum Gasteiger partial charge on any atom is -0.492 e. The molecule has 0 fully saturated rings. The molecule has 3 aromatic rings. The van der Waals surface area contributed by atoms with Crippen LogP contribution in [0.15, 0.2) is 78.9 Å². The van der Waals surface area contributed by atoms with E-state index < -0.39 is 6.04 Å². The van der Waals surface area contributed by atoms with E-state index in [2.05, 4.69) is 5.32 Å². The first kappa shape index (κ1) is 20.6. The summed E-state index contributed by atoms with van der Waals surface area (Å²) in [6.45, 7) is 3.01. The number of rotatable bonds is 9. The molecule has 4 nitrogen and oxygen atoms in total. The van der Waals surface area contributed by atoms with Crippen molar-refractivity contribution in [3.63, 3.8) is 0 Å². The highest BCUT2D eigenvalue weighted by atomic mass is 19.1. The van der Waals surface area contributed by atoms with Crippen molar-refractivity contribution in [3.8, 4) is 5.75 Å². The predicted octanol–water partition coefficient (Wildman–Crippen LogP) is 3.71. The van der Waals surface area contributed by atoms with Crippen LogP contribution in [0.5, 0.6) is 5.75 Å². The van der Waals surface area contributed by atoms with Crippen LogP contribution in [0.2, 0.25) is 0 Å². The average molecular weight is 393 g/mol. The highest BCUT2D eigenvalue weighted by Crippen LogP contribution is 2.24. The number of hydrogen-bond donors (Lipinski definition) is 2. The van der Waals surface area contributed by atoms with E-state index in [1.807, 2.05) is 72.9 Å². The number of nitrogens with two attached hydrogens (primary N) is 1. The molecule has 0 saturated heterocycles. The molecule has 1 atom stereocenters. The summed E-state index contributed by atoms with van der Waals surface area (Å²) in [5.74, 6) is 0.283. The fourth-order valence-corrected chi connectivity index (χ4v) is 3.22. The van der Waals surface area contributed by atoms with Gasteiger partial charge in [0.1, 0.15) is 11.6 Å². The van der Waals surface area contributed by atoms with Crippen LogP contribution in [0.1, 0.15) is 24.1 Å². The van der Waals surface area contributed by atoms with E-state index >= 15 is 0 Å². The van der Waals surface area contributed by atoms with Gasteiger partial charge in [-0.25, -0.2) is 4.39 Å². The molecule has 0 saturated carbocycles. The number of carbonyl (C=O) groups is 1. The Morgan fingerprint density at radius 2 is 1.69 bits per heavy atom. The van der Waals surface area contributed by atoms with Gasteiger partial charge in [0, 0.05) is 12.0 Å². The number of anilines is 1. The van der Waals surface area contributed by atoms with Crippen molar-refractivity contribution in [2.45, 2.75) is 19.4 Å². The Hall–Kier alpha value is -3.18. The zero-order valence-electron chi connectivity index (χ0n) is 16.5. The minimum absolute atomic E-state index is 0.142. The molecule has 0 heterocycles. The molecule has 0 aliphatic carbocycles. The van der Waals surface area contributed by atoms with E-state index in [0.717, 1.165) is 5.56 Å². The number of nitrogens with one attached hydrogen (secondary N) is 1. The number of ether oxygens (including phenoxy) is 1. The van der Waals surface area contributed by atoms with Crippen molar-refractivity contribution in [2.75, 3.05) is 18.5 Å². The van der Waals surface area contributed by atoms with Gasteiger partial charge in [0.25, 0.3) is 5.91 Å². The average Bonchev–Trinajstić information content (AvgIpc) is 2.74. The topological polar surface area (TPSA) is 54.9 Å². The Labute approximate surface area is 170 Å². The molecule has 29 heavy (non-hydrogen) atoms. The van der Waals surface area contributed by atoms with Crippen LogP contribution >= 0.6 is 0 Å². The van der Waals surface area contributed by atoms with Gasteiger partial charge in [-0.05, 0) is 30.7 Å². The highest BCUT2D eigenvalue weighted by Gasteiger charge is 2.24. The van der Waals surface area contributed by atoms with Crippen LogP contribution in [0, 0.1) is 5.82 Å². The summed E-state index contributed by atoms with van der Waals surface area (Å²) in [5, 5.41) is 4.93. The maximum Gasteiger partial charge on any atom is 0.287 e. The second-order valence-corrected chi connectivity index (χ2v) is 6.67. The third-order valence-electron chi connectivity index (χ3n) is 4.66. The van der Waals surface area contributed by atoms with Crippen LogP contribution in [0.4, 0.5) is 10.1 Å².